The molecule has 1 atom stereocenters. The summed E-state index contributed by atoms with van der Waals surface area (Å²) >= 11 is 1.78. The summed E-state index contributed by atoms with van der Waals surface area (Å²) in [6.45, 7) is 4.67. The van der Waals surface area contributed by atoms with Gasteiger partial charge in [0.1, 0.15) is 6.04 Å². The van der Waals surface area contributed by atoms with Crippen LogP contribution in [0.15, 0.2) is 12.1 Å². The van der Waals surface area contributed by atoms with E-state index >= 15 is 0 Å². The van der Waals surface area contributed by atoms with Crippen molar-refractivity contribution in [2.24, 2.45) is 0 Å². The molecule has 0 saturated heterocycles. The van der Waals surface area contributed by atoms with E-state index in [1.807, 2.05) is 0 Å². The van der Waals surface area contributed by atoms with Crippen molar-refractivity contribution >= 4 is 17.3 Å². The second kappa shape index (κ2) is 5.88. The smallest absolute Gasteiger partial charge is 0.322 e. The van der Waals surface area contributed by atoms with Gasteiger partial charge in [-0.1, -0.05) is 6.92 Å². The molecule has 0 fully saturated rings. The zero-order chi connectivity index (χ0) is 11.3. The third-order valence-electron chi connectivity index (χ3n) is 2.20. The van der Waals surface area contributed by atoms with Crippen molar-refractivity contribution in [1.29, 1.82) is 0 Å². The first-order valence-electron chi connectivity index (χ1n) is 5.06. The van der Waals surface area contributed by atoms with Gasteiger partial charge >= 0.3 is 5.97 Å². The predicted molar refractivity (Wildman–Crippen MR) is 62.0 cm³/mol. The van der Waals surface area contributed by atoms with Gasteiger partial charge in [0.05, 0.1) is 7.11 Å². The number of hydrogen-bond donors (Lipinski definition) is 1. The largest absolute Gasteiger partial charge is 0.468 e. The van der Waals surface area contributed by atoms with Gasteiger partial charge in [0.2, 0.25) is 0 Å². The van der Waals surface area contributed by atoms with Gasteiger partial charge < -0.3 is 4.74 Å². The molecular formula is C11H17NO2S. The molecular weight excluding hydrogens is 210 g/mol. The minimum Gasteiger partial charge on any atom is -0.468 e. The van der Waals surface area contributed by atoms with Gasteiger partial charge in [-0.15, -0.1) is 11.3 Å². The van der Waals surface area contributed by atoms with Crippen molar-refractivity contribution in [3.05, 3.63) is 21.9 Å². The van der Waals surface area contributed by atoms with Crippen molar-refractivity contribution in [2.45, 2.75) is 32.9 Å². The van der Waals surface area contributed by atoms with Crippen LogP contribution in [0.4, 0.5) is 0 Å². The van der Waals surface area contributed by atoms with Crippen LogP contribution in [-0.2, 0) is 22.5 Å². The van der Waals surface area contributed by atoms with Gasteiger partial charge in [-0.2, -0.15) is 0 Å². The lowest BCUT2D eigenvalue weighted by Gasteiger charge is -2.09. The van der Waals surface area contributed by atoms with Crippen molar-refractivity contribution in [1.82, 2.24) is 5.32 Å². The highest BCUT2D eigenvalue weighted by Gasteiger charge is 2.11. The van der Waals surface area contributed by atoms with Crippen LogP contribution >= 0.6 is 11.3 Å². The zero-order valence-corrected chi connectivity index (χ0v) is 10.2. The van der Waals surface area contributed by atoms with Crippen molar-refractivity contribution in [3.8, 4) is 0 Å². The molecule has 84 valence electrons. The molecule has 3 nitrogen and oxygen atoms in total. The SMILES string of the molecule is CCc1ccc(CN[C@@H](C)C(=O)OC)s1. The lowest BCUT2D eigenvalue weighted by Crippen LogP contribution is -2.34. The molecule has 1 heterocycles. The van der Waals surface area contributed by atoms with Gasteiger partial charge in [-0.25, -0.2) is 0 Å². The Balaban J connectivity index is 2.39. The number of esters is 1. The Labute approximate surface area is 94.5 Å². The highest BCUT2D eigenvalue weighted by molar-refractivity contribution is 7.11. The summed E-state index contributed by atoms with van der Waals surface area (Å²) < 4.78 is 4.63. The number of methoxy groups -OCH3 is 1. The fourth-order valence-corrected chi connectivity index (χ4v) is 2.13. The number of nitrogens with one attached hydrogen (secondary N) is 1. The van der Waals surface area contributed by atoms with Crippen molar-refractivity contribution in [2.75, 3.05) is 7.11 Å². The average Bonchev–Trinajstić information content (AvgIpc) is 2.72. The summed E-state index contributed by atoms with van der Waals surface area (Å²) in [5.41, 5.74) is 0. The van der Waals surface area contributed by atoms with E-state index in [-0.39, 0.29) is 12.0 Å². The zero-order valence-electron chi connectivity index (χ0n) is 9.37. The van der Waals surface area contributed by atoms with Gasteiger partial charge in [0, 0.05) is 16.3 Å². The first kappa shape index (κ1) is 12.2. The molecule has 1 aromatic heterocycles. The van der Waals surface area contributed by atoms with Crippen molar-refractivity contribution in [3.63, 3.8) is 0 Å². The van der Waals surface area contributed by atoms with Crippen LogP contribution in [0.2, 0.25) is 0 Å². The van der Waals surface area contributed by atoms with Crippen LogP contribution in [0.25, 0.3) is 0 Å². The number of carbonyl (C=O) groups excluding carboxylic acids is 1. The molecule has 1 N–H and O–H groups in total. The predicted octanol–water partition coefficient (Wildman–Crippen LogP) is 1.96. The first-order chi connectivity index (χ1) is 7.17. The van der Waals surface area contributed by atoms with E-state index in [0.717, 1.165) is 13.0 Å². The molecule has 0 radical (unpaired) electrons. The fraction of sp³-hybridized carbons (Fsp3) is 0.545. The van der Waals surface area contributed by atoms with E-state index in [2.05, 4.69) is 29.1 Å². The fourth-order valence-electron chi connectivity index (χ4n) is 1.22. The highest BCUT2D eigenvalue weighted by Crippen LogP contribution is 2.16. The molecule has 0 amide bonds. The molecule has 0 spiro atoms. The molecule has 0 bridgehead atoms. The van der Waals surface area contributed by atoms with Crippen LogP contribution in [-0.4, -0.2) is 19.1 Å². The second-order valence-electron chi connectivity index (χ2n) is 3.35. The van der Waals surface area contributed by atoms with E-state index in [0.29, 0.717) is 0 Å². The monoisotopic (exact) mass is 227 g/mol. The molecule has 15 heavy (non-hydrogen) atoms. The molecule has 0 aromatic carbocycles. The molecule has 0 aliphatic rings. The minimum atomic E-state index is -0.248. The van der Waals surface area contributed by atoms with Crippen LogP contribution < -0.4 is 5.32 Å². The van der Waals surface area contributed by atoms with Crippen LogP contribution in [0, 0.1) is 0 Å². The Kier molecular flexibility index (Phi) is 4.78. The number of ether oxygens (including phenoxy) is 1. The van der Waals surface area contributed by atoms with Crippen LogP contribution in [0.3, 0.4) is 0 Å². The molecule has 1 aromatic rings. The third-order valence-corrected chi connectivity index (χ3v) is 3.43. The average molecular weight is 227 g/mol. The molecule has 1 rings (SSSR count). The van der Waals surface area contributed by atoms with E-state index in [1.54, 1.807) is 18.3 Å². The number of rotatable bonds is 5. The molecule has 0 aliphatic carbocycles. The topological polar surface area (TPSA) is 38.3 Å². The van der Waals surface area contributed by atoms with Crippen LogP contribution in [0.5, 0.6) is 0 Å². The molecule has 4 heteroatoms. The van der Waals surface area contributed by atoms with Gasteiger partial charge in [0.25, 0.3) is 0 Å². The Morgan fingerprint density at radius 3 is 2.73 bits per heavy atom. The Hall–Kier alpha value is -0.870. The molecule has 0 saturated carbocycles. The first-order valence-corrected chi connectivity index (χ1v) is 5.87. The Bertz CT molecular complexity index is 322. The number of thiophene rings is 1. The summed E-state index contributed by atoms with van der Waals surface area (Å²) in [5.74, 6) is -0.220. The minimum absolute atomic E-state index is 0.220. The normalized spacial score (nSPS) is 12.5. The van der Waals surface area contributed by atoms with E-state index in [4.69, 9.17) is 0 Å². The van der Waals surface area contributed by atoms with Gasteiger partial charge in [-0.05, 0) is 25.5 Å². The second-order valence-corrected chi connectivity index (χ2v) is 4.60. The lowest BCUT2D eigenvalue weighted by molar-refractivity contribution is -0.142. The summed E-state index contributed by atoms with van der Waals surface area (Å²) in [4.78, 5) is 13.7. The van der Waals surface area contributed by atoms with Crippen molar-refractivity contribution < 1.29 is 9.53 Å². The quantitative estimate of drug-likeness (QED) is 0.781. The maximum atomic E-state index is 11.1. The molecule has 0 aliphatic heterocycles. The lowest BCUT2D eigenvalue weighted by atomic mass is 10.3. The van der Waals surface area contributed by atoms with E-state index < -0.39 is 0 Å². The number of hydrogen-bond acceptors (Lipinski definition) is 4. The summed E-state index contributed by atoms with van der Waals surface area (Å²) in [6, 6.07) is 3.98. The summed E-state index contributed by atoms with van der Waals surface area (Å²) in [7, 11) is 1.40. The number of carbonyl (C=O) groups is 1. The Morgan fingerprint density at radius 1 is 1.53 bits per heavy atom. The van der Waals surface area contributed by atoms with Gasteiger partial charge in [0.15, 0.2) is 0 Å². The summed E-state index contributed by atoms with van der Waals surface area (Å²) in [6.07, 6.45) is 1.07. The number of aryl methyl sites for hydroxylation is 1. The Morgan fingerprint density at radius 2 is 2.20 bits per heavy atom. The maximum Gasteiger partial charge on any atom is 0.322 e. The van der Waals surface area contributed by atoms with Crippen LogP contribution in [0.1, 0.15) is 23.6 Å². The standard InChI is InChI=1S/C11H17NO2S/c1-4-9-5-6-10(15-9)7-12-8(2)11(13)14-3/h5-6,8,12H,4,7H2,1-3H3/t8-/m0/s1. The van der Waals surface area contributed by atoms with E-state index in [9.17, 15) is 4.79 Å². The highest BCUT2D eigenvalue weighted by atomic mass is 32.1. The molecule has 0 unspecified atom stereocenters. The van der Waals surface area contributed by atoms with E-state index in [1.165, 1.54) is 16.9 Å². The maximum absolute atomic E-state index is 11.1. The third kappa shape index (κ3) is 3.64. The van der Waals surface area contributed by atoms with Gasteiger partial charge in [-0.3, -0.25) is 10.1 Å². The summed E-state index contributed by atoms with van der Waals surface area (Å²) in [5, 5.41) is 3.12.